The van der Waals surface area contributed by atoms with E-state index in [1.54, 1.807) is 0 Å². The van der Waals surface area contributed by atoms with Gasteiger partial charge in [0.2, 0.25) is 11.2 Å². The molecule has 0 unspecified atom stereocenters. The number of amides is 1. The van der Waals surface area contributed by atoms with Crippen LogP contribution in [-0.2, 0) is 4.79 Å². The number of carbonyl (C=O) groups is 1. The Morgan fingerprint density at radius 3 is 2.85 bits per heavy atom. The van der Waals surface area contributed by atoms with Gasteiger partial charge in [-0.2, -0.15) is 0 Å². The third-order valence-corrected chi connectivity index (χ3v) is 4.02. The van der Waals surface area contributed by atoms with Crippen molar-refractivity contribution in [3.63, 3.8) is 0 Å². The van der Waals surface area contributed by atoms with Crippen LogP contribution < -0.4 is 5.32 Å². The molecular weight excluding hydrogens is 296 g/mol. The lowest BCUT2D eigenvalue weighted by Gasteiger charge is -2.18. The van der Waals surface area contributed by atoms with E-state index in [4.69, 9.17) is 11.6 Å². The Morgan fingerprint density at radius 1 is 1.40 bits per heavy atom. The van der Waals surface area contributed by atoms with Crippen molar-refractivity contribution < 1.29 is 4.79 Å². The highest BCUT2D eigenvalue weighted by Gasteiger charge is 2.11. The van der Waals surface area contributed by atoms with E-state index in [1.807, 2.05) is 30.2 Å². The van der Waals surface area contributed by atoms with Crippen LogP contribution in [0.15, 0.2) is 11.4 Å². The van der Waals surface area contributed by atoms with Crippen molar-refractivity contribution in [3.05, 3.63) is 16.7 Å². The summed E-state index contributed by atoms with van der Waals surface area (Å²) in [5, 5.41) is 6.28. The summed E-state index contributed by atoms with van der Waals surface area (Å²) in [5.41, 5.74) is 0. The normalized spacial score (nSPS) is 10.8. The van der Waals surface area contributed by atoms with Crippen LogP contribution in [0, 0.1) is 0 Å². The fraction of sp³-hybridized carbons (Fsp3) is 0.462. The minimum atomic E-state index is 0.143. The molecule has 1 N–H and O–H groups in total. The van der Waals surface area contributed by atoms with Gasteiger partial charge >= 0.3 is 0 Å². The first-order chi connectivity index (χ1) is 9.65. The molecule has 0 saturated carbocycles. The zero-order valence-electron chi connectivity index (χ0n) is 11.5. The van der Waals surface area contributed by atoms with Crippen molar-refractivity contribution in [2.75, 3.05) is 25.0 Å². The van der Waals surface area contributed by atoms with Gasteiger partial charge in [0.15, 0.2) is 0 Å². The summed E-state index contributed by atoms with van der Waals surface area (Å²) in [4.78, 5) is 22.9. The van der Waals surface area contributed by atoms with Crippen molar-refractivity contribution in [1.82, 2.24) is 14.9 Å². The van der Waals surface area contributed by atoms with Gasteiger partial charge in [-0.3, -0.25) is 4.79 Å². The Labute approximate surface area is 127 Å². The molecule has 108 valence electrons. The molecule has 2 heterocycles. The molecule has 0 spiro atoms. The average Bonchev–Trinajstić information content (AvgIpc) is 2.88. The van der Waals surface area contributed by atoms with Gasteiger partial charge in [-0.15, -0.1) is 11.3 Å². The van der Waals surface area contributed by atoms with Crippen molar-refractivity contribution in [2.45, 2.75) is 20.3 Å². The molecule has 0 bridgehead atoms. The summed E-state index contributed by atoms with van der Waals surface area (Å²) < 4.78 is 0. The third kappa shape index (κ3) is 3.37. The molecule has 2 rings (SSSR count). The lowest BCUT2D eigenvalue weighted by Crippen LogP contribution is -2.31. The van der Waals surface area contributed by atoms with Crippen LogP contribution in [-0.4, -0.2) is 40.4 Å². The molecule has 0 aliphatic carbocycles. The van der Waals surface area contributed by atoms with Gasteiger partial charge in [0.25, 0.3) is 0 Å². The highest BCUT2D eigenvalue weighted by atomic mass is 35.5. The molecule has 0 fully saturated rings. The smallest absolute Gasteiger partial charge is 0.225 e. The summed E-state index contributed by atoms with van der Waals surface area (Å²) in [6.07, 6.45) is 0.439. The van der Waals surface area contributed by atoms with Crippen LogP contribution in [0.1, 0.15) is 20.3 Å². The number of carbonyl (C=O) groups excluding carboxylic acids is 1. The predicted molar refractivity (Wildman–Crippen MR) is 83.5 cm³/mol. The topological polar surface area (TPSA) is 58.1 Å². The summed E-state index contributed by atoms with van der Waals surface area (Å²) >= 11 is 7.40. The maximum Gasteiger partial charge on any atom is 0.225 e. The largest absolute Gasteiger partial charge is 0.369 e. The summed E-state index contributed by atoms with van der Waals surface area (Å²) in [7, 11) is 0. The third-order valence-electron chi connectivity index (χ3n) is 3.05. The van der Waals surface area contributed by atoms with Crippen LogP contribution in [0.25, 0.3) is 10.2 Å². The van der Waals surface area contributed by atoms with Gasteiger partial charge in [0.05, 0.1) is 5.39 Å². The number of hydrogen-bond donors (Lipinski definition) is 1. The number of nitrogens with one attached hydrogen (secondary N) is 1. The highest BCUT2D eigenvalue weighted by Crippen LogP contribution is 2.26. The standard InChI is InChI=1S/C13H17ClN4OS/c1-3-18(4-2)10(19)5-7-15-11-9-6-8-20-12(9)17-13(14)16-11/h6,8H,3-5,7H2,1-2H3,(H,15,16,17). The highest BCUT2D eigenvalue weighted by molar-refractivity contribution is 7.16. The Hall–Kier alpha value is -1.40. The number of hydrogen-bond acceptors (Lipinski definition) is 5. The maximum absolute atomic E-state index is 11.9. The van der Waals surface area contributed by atoms with E-state index in [1.165, 1.54) is 11.3 Å². The van der Waals surface area contributed by atoms with Crippen LogP contribution >= 0.6 is 22.9 Å². The Balaban J connectivity index is 1.99. The molecule has 7 heteroatoms. The van der Waals surface area contributed by atoms with E-state index in [-0.39, 0.29) is 11.2 Å². The van der Waals surface area contributed by atoms with Gasteiger partial charge in [-0.05, 0) is 36.9 Å². The fourth-order valence-corrected chi connectivity index (χ4v) is 2.97. The van der Waals surface area contributed by atoms with Gasteiger partial charge < -0.3 is 10.2 Å². The molecular formula is C13H17ClN4OS. The molecule has 0 saturated heterocycles. The Kier molecular flexibility index (Phi) is 5.14. The number of aromatic nitrogens is 2. The first kappa shape index (κ1) is 15.0. The number of anilines is 1. The minimum absolute atomic E-state index is 0.143. The lowest BCUT2D eigenvalue weighted by atomic mass is 10.3. The van der Waals surface area contributed by atoms with Crippen LogP contribution in [0.2, 0.25) is 5.28 Å². The number of thiophene rings is 1. The molecule has 0 radical (unpaired) electrons. The number of halogens is 1. The van der Waals surface area contributed by atoms with E-state index in [0.29, 0.717) is 18.8 Å². The van der Waals surface area contributed by atoms with Gasteiger partial charge in [-0.1, -0.05) is 0 Å². The molecule has 2 aromatic rings. The van der Waals surface area contributed by atoms with Crippen molar-refractivity contribution in [2.24, 2.45) is 0 Å². The number of fused-ring (bicyclic) bond motifs is 1. The van der Waals surface area contributed by atoms with Crippen molar-refractivity contribution in [3.8, 4) is 0 Å². The van der Waals surface area contributed by atoms with Crippen LogP contribution in [0.3, 0.4) is 0 Å². The van der Waals surface area contributed by atoms with E-state index < -0.39 is 0 Å². The Bertz CT molecular complexity index is 597. The fourth-order valence-electron chi connectivity index (χ4n) is 1.99. The first-order valence-corrected chi connectivity index (χ1v) is 7.83. The first-order valence-electron chi connectivity index (χ1n) is 6.58. The molecule has 0 atom stereocenters. The maximum atomic E-state index is 11.9. The summed E-state index contributed by atoms with van der Waals surface area (Å²) in [6.45, 7) is 5.97. The monoisotopic (exact) mass is 312 g/mol. The van der Waals surface area contributed by atoms with Gasteiger partial charge in [-0.25, -0.2) is 9.97 Å². The molecule has 20 heavy (non-hydrogen) atoms. The van der Waals surface area contributed by atoms with Gasteiger partial charge in [0.1, 0.15) is 10.6 Å². The SMILES string of the molecule is CCN(CC)C(=O)CCNc1nc(Cl)nc2sccc12. The molecule has 5 nitrogen and oxygen atoms in total. The second-order valence-corrected chi connectivity index (χ2v) is 5.46. The zero-order chi connectivity index (χ0) is 14.5. The van der Waals surface area contributed by atoms with E-state index in [0.717, 1.165) is 23.3 Å². The van der Waals surface area contributed by atoms with Crippen molar-refractivity contribution >= 4 is 44.9 Å². The number of nitrogens with zero attached hydrogens (tertiary/aromatic N) is 3. The molecule has 0 aliphatic heterocycles. The van der Waals surface area contributed by atoms with E-state index in [2.05, 4.69) is 15.3 Å². The second-order valence-electron chi connectivity index (χ2n) is 4.22. The molecule has 1 amide bonds. The van der Waals surface area contributed by atoms with Crippen LogP contribution in [0.4, 0.5) is 5.82 Å². The zero-order valence-corrected chi connectivity index (χ0v) is 13.1. The average molecular weight is 313 g/mol. The minimum Gasteiger partial charge on any atom is -0.369 e. The number of rotatable bonds is 6. The van der Waals surface area contributed by atoms with E-state index >= 15 is 0 Å². The quantitative estimate of drug-likeness (QED) is 0.833. The summed E-state index contributed by atoms with van der Waals surface area (Å²) in [6, 6.07) is 1.95. The molecule has 0 aromatic carbocycles. The Morgan fingerprint density at radius 2 is 2.15 bits per heavy atom. The molecule has 0 aliphatic rings. The lowest BCUT2D eigenvalue weighted by molar-refractivity contribution is -0.130. The predicted octanol–water partition coefficient (Wildman–Crippen LogP) is 3.02. The molecule has 2 aromatic heterocycles. The van der Waals surface area contributed by atoms with Crippen LogP contribution in [0.5, 0.6) is 0 Å². The second kappa shape index (κ2) is 6.85. The van der Waals surface area contributed by atoms with Gasteiger partial charge in [0, 0.05) is 26.1 Å². The summed E-state index contributed by atoms with van der Waals surface area (Å²) in [5.74, 6) is 0.831. The van der Waals surface area contributed by atoms with Crippen molar-refractivity contribution in [1.29, 1.82) is 0 Å². The van der Waals surface area contributed by atoms with E-state index in [9.17, 15) is 4.79 Å².